The number of hydrogen-bond acceptors (Lipinski definition) is 5. The highest BCUT2D eigenvalue weighted by Gasteiger charge is 2.20. The lowest BCUT2D eigenvalue weighted by Gasteiger charge is -2.13. The Morgan fingerprint density at radius 1 is 1.23 bits per heavy atom. The van der Waals surface area contributed by atoms with Gasteiger partial charge in [-0.1, -0.05) is 0 Å². The molecule has 0 aromatic heterocycles. The summed E-state index contributed by atoms with van der Waals surface area (Å²) in [7, 11) is -3.80. The van der Waals surface area contributed by atoms with E-state index in [-0.39, 0.29) is 16.5 Å². The van der Waals surface area contributed by atoms with Crippen LogP contribution in [0.1, 0.15) is 22.8 Å². The molecule has 0 aliphatic carbocycles. The van der Waals surface area contributed by atoms with Crippen molar-refractivity contribution in [2.75, 3.05) is 24.5 Å². The van der Waals surface area contributed by atoms with E-state index in [4.69, 9.17) is 9.47 Å². The van der Waals surface area contributed by atoms with Gasteiger partial charge in [-0.3, -0.25) is 9.52 Å². The van der Waals surface area contributed by atoms with Crippen molar-refractivity contribution in [2.24, 2.45) is 0 Å². The molecule has 0 atom stereocenters. The maximum atomic E-state index is 12.7. The van der Waals surface area contributed by atoms with Crippen LogP contribution in [0.25, 0.3) is 0 Å². The van der Waals surface area contributed by atoms with Gasteiger partial charge in [-0.05, 0) is 55.8 Å². The molecular formula is C18H20N2O5S. The van der Waals surface area contributed by atoms with Crippen LogP contribution in [0.15, 0.2) is 41.3 Å². The fourth-order valence-electron chi connectivity index (χ4n) is 2.64. The van der Waals surface area contributed by atoms with Gasteiger partial charge in [0.25, 0.3) is 15.9 Å². The summed E-state index contributed by atoms with van der Waals surface area (Å²) in [6.45, 7) is 4.93. The highest BCUT2D eigenvalue weighted by molar-refractivity contribution is 7.92. The summed E-state index contributed by atoms with van der Waals surface area (Å²) in [5.41, 5.74) is 1.31. The lowest BCUT2D eigenvalue weighted by molar-refractivity contribution is 0.0957. The van der Waals surface area contributed by atoms with Crippen molar-refractivity contribution < 1.29 is 22.7 Å². The number of carbonyl (C=O) groups excluding carboxylic acids is 1. The van der Waals surface area contributed by atoms with Crippen LogP contribution in [0.2, 0.25) is 0 Å². The van der Waals surface area contributed by atoms with Gasteiger partial charge in [-0.25, -0.2) is 8.42 Å². The Labute approximate surface area is 152 Å². The molecule has 7 nitrogen and oxygen atoms in total. The number of carbonyl (C=O) groups is 1. The summed E-state index contributed by atoms with van der Waals surface area (Å²) in [5, 5.41) is 2.69. The van der Waals surface area contributed by atoms with Crippen molar-refractivity contribution in [2.45, 2.75) is 18.7 Å². The Balaban J connectivity index is 1.88. The summed E-state index contributed by atoms with van der Waals surface area (Å²) in [6.07, 6.45) is 0. The fourth-order valence-corrected chi connectivity index (χ4v) is 3.77. The van der Waals surface area contributed by atoms with Gasteiger partial charge >= 0.3 is 0 Å². The molecule has 0 radical (unpaired) electrons. The predicted octanol–water partition coefficient (Wildman–Crippen LogP) is 2.32. The van der Waals surface area contributed by atoms with Crippen molar-refractivity contribution in [3.63, 3.8) is 0 Å². The number of ether oxygens (including phenoxy) is 2. The third-order valence-corrected chi connectivity index (χ3v) is 5.26. The molecule has 2 aromatic rings. The van der Waals surface area contributed by atoms with Crippen molar-refractivity contribution in [1.82, 2.24) is 5.32 Å². The summed E-state index contributed by atoms with van der Waals surface area (Å²) >= 11 is 0. The van der Waals surface area contributed by atoms with Gasteiger partial charge in [0, 0.05) is 5.69 Å². The Kier molecular flexibility index (Phi) is 5.03. The van der Waals surface area contributed by atoms with Gasteiger partial charge in [0.15, 0.2) is 0 Å². The molecule has 2 aromatic carbocycles. The lowest BCUT2D eigenvalue weighted by atomic mass is 10.1. The summed E-state index contributed by atoms with van der Waals surface area (Å²) in [6, 6.07) is 9.28. The second-order valence-corrected chi connectivity index (χ2v) is 7.46. The number of aryl methyl sites for hydroxylation is 1. The number of rotatable bonds is 5. The first-order valence-corrected chi connectivity index (χ1v) is 9.70. The minimum Gasteiger partial charge on any atom is -0.494 e. The minimum absolute atomic E-state index is 0.120. The molecule has 0 unspecified atom stereocenters. The second-order valence-electron chi connectivity index (χ2n) is 5.78. The normalized spacial score (nSPS) is 13.8. The molecule has 2 N–H and O–H groups in total. The molecule has 1 heterocycles. The average Bonchev–Trinajstić information content (AvgIpc) is 2.78. The van der Waals surface area contributed by atoms with E-state index < -0.39 is 10.0 Å². The van der Waals surface area contributed by atoms with E-state index in [0.717, 1.165) is 5.56 Å². The molecule has 0 saturated carbocycles. The Hall–Kier alpha value is -2.74. The van der Waals surface area contributed by atoms with Gasteiger partial charge in [0.2, 0.25) is 0 Å². The quantitative estimate of drug-likeness (QED) is 0.835. The number of hydrogen-bond donors (Lipinski definition) is 2. The molecule has 0 bridgehead atoms. The van der Waals surface area contributed by atoms with Crippen LogP contribution in [-0.4, -0.2) is 34.1 Å². The smallest absolute Gasteiger partial charge is 0.261 e. The van der Waals surface area contributed by atoms with Gasteiger partial charge in [-0.2, -0.15) is 0 Å². The van der Waals surface area contributed by atoms with Gasteiger partial charge in [-0.15, -0.1) is 0 Å². The van der Waals surface area contributed by atoms with Crippen molar-refractivity contribution in [1.29, 1.82) is 0 Å². The highest BCUT2D eigenvalue weighted by atomic mass is 32.2. The fraction of sp³-hybridized carbons (Fsp3) is 0.278. The van der Waals surface area contributed by atoms with E-state index >= 15 is 0 Å². The zero-order valence-electron chi connectivity index (χ0n) is 14.5. The van der Waals surface area contributed by atoms with E-state index in [9.17, 15) is 13.2 Å². The standard InChI is InChI=1S/C18H20N2O5S/c1-3-24-16-7-5-14(10-12(16)2)26(22,23)20-13-4-6-17-15(11-13)18(21)19-8-9-25-17/h4-7,10-11,20H,3,8-9H2,1-2H3,(H,19,21). The molecule has 1 aliphatic rings. The minimum atomic E-state index is -3.80. The Morgan fingerprint density at radius 2 is 2.04 bits per heavy atom. The van der Waals surface area contributed by atoms with E-state index in [1.54, 1.807) is 31.2 Å². The zero-order chi connectivity index (χ0) is 18.7. The maximum absolute atomic E-state index is 12.7. The van der Waals surface area contributed by atoms with Crippen LogP contribution < -0.4 is 19.5 Å². The number of fused-ring (bicyclic) bond motifs is 1. The molecule has 0 saturated heterocycles. The number of anilines is 1. The molecule has 0 fully saturated rings. The Morgan fingerprint density at radius 3 is 2.77 bits per heavy atom. The molecule has 1 amide bonds. The summed E-state index contributed by atoms with van der Waals surface area (Å²) in [5.74, 6) is 0.778. The molecule has 26 heavy (non-hydrogen) atoms. The largest absolute Gasteiger partial charge is 0.494 e. The average molecular weight is 376 g/mol. The topological polar surface area (TPSA) is 93.7 Å². The van der Waals surface area contributed by atoms with E-state index in [1.165, 1.54) is 12.1 Å². The highest BCUT2D eigenvalue weighted by Crippen LogP contribution is 2.27. The first kappa shape index (κ1) is 18.1. The van der Waals surface area contributed by atoms with Gasteiger partial charge < -0.3 is 14.8 Å². The van der Waals surface area contributed by atoms with Crippen LogP contribution >= 0.6 is 0 Å². The molecule has 1 aliphatic heterocycles. The molecule has 138 valence electrons. The molecule has 0 spiro atoms. The van der Waals surface area contributed by atoms with E-state index in [1.807, 2.05) is 6.92 Å². The Bertz CT molecular complexity index is 941. The maximum Gasteiger partial charge on any atom is 0.261 e. The predicted molar refractivity (Wildman–Crippen MR) is 97.4 cm³/mol. The van der Waals surface area contributed by atoms with Crippen molar-refractivity contribution >= 4 is 21.6 Å². The van der Waals surface area contributed by atoms with Crippen LogP contribution in [0, 0.1) is 6.92 Å². The first-order valence-electron chi connectivity index (χ1n) is 8.22. The van der Waals surface area contributed by atoms with E-state index in [0.29, 0.717) is 36.8 Å². The third kappa shape index (κ3) is 3.75. The number of nitrogens with one attached hydrogen (secondary N) is 2. The van der Waals surface area contributed by atoms with Crippen LogP contribution in [0.5, 0.6) is 11.5 Å². The second kappa shape index (κ2) is 7.25. The van der Waals surface area contributed by atoms with Crippen molar-refractivity contribution in [3.8, 4) is 11.5 Å². The molecule has 8 heteroatoms. The first-order chi connectivity index (χ1) is 12.4. The zero-order valence-corrected chi connectivity index (χ0v) is 15.4. The van der Waals surface area contributed by atoms with Gasteiger partial charge in [0.05, 0.1) is 23.6 Å². The summed E-state index contributed by atoms with van der Waals surface area (Å²) < 4.78 is 38.7. The number of amides is 1. The van der Waals surface area contributed by atoms with Crippen LogP contribution in [-0.2, 0) is 10.0 Å². The third-order valence-electron chi connectivity index (χ3n) is 3.88. The molecular weight excluding hydrogens is 356 g/mol. The monoisotopic (exact) mass is 376 g/mol. The SMILES string of the molecule is CCOc1ccc(S(=O)(=O)Nc2ccc3c(c2)C(=O)NCCO3)cc1C. The van der Waals surface area contributed by atoms with Crippen LogP contribution in [0.3, 0.4) is 0 Å². The van der Waals surface area contributed by atoms with E-state index in [2.05, 4.69) is 10.0 Å². The number of sulfonamides is 1. The lowest BCUT2D eigenvalue weighted by Crippen LogP contribution is -2.24. The van der Waals surface area contributed by atoms with Crippen molar-refractivity contribution in [3.05, 3.63) is 47.5 Å². The van der Waals surface area contributed by atoms with Gasteiger partial charge in [0.1, 0.15) is 18.1 Å². The summed E-state index contributed by atoms with van der Waals surface area (Å²) in [4.78, 5) is 12.2. The van der Waals surface area contributed by atoms with Crippen LogP contribution in [0.4, 0.5) is 5.69 Å². The number of benzene rings is 2. The molecule has 3 rings (SSSR count).